The van der Waals surface area contributed by atoms with E-state index >= 15 is 0 Å². The molecule has 1 aromatic rings. The number of hydrogen-bond acceptors (Lipinski definition) is 4. The number of nitrogens with zero attached hydrogens (tertiary/aromatic N) is 1. The minimum Gasteiger partial charge on any atom is -0.478 e. The van der Waals surface area contributed by atoms with Crippen molar-refractivity contribution < 1.29 is 14.6 Å². The highest BCUT2D eigenvalue weighted by molar-refractivity contribution is 8.00. The van der Waals surface area contributed by atoms with E-state index in [1.54, 1.807) is 18.3 Å². The lowest BCUT2D eigenvalue weighted by atomic mass is 10.3. The van der Waals surface area contributed by atoms with E-state index in [0.717, 1.165) is 13.0 Å². The molecule has 1 fully saturated rings. The summed E-state index contributed by atoms with van der Waals surface area (Å²) < 4.78 is 5.44. The van der Waals surface area contributed by atoms with E-state index in [0.29, 0.717) is 10.3 Å². The molecule has 2 unspecified atom stereocenters. The molecular formula is C11H13NO3S. The largest absolute Gasteiger partial charge is 0.478 e. The van der Waals surface area contributed by atoms with Crippen LogP contribution in [-0.4, -0.2) is 34.0 Å². The fraction of sp³-hybridized carbons (Fsp3) is 0.455. The monoisotopic (exact) mass is 239 g/mol. The molecule has 2 rings (SSSR count). The zero-order valence-corrected chi connectivity index (χ0v) is 9.74. The second-order valence-electron chi connectivity index (χ2n) is 3.68. The van der Waals surface area contributed by atoms with Crippen LogP contribution in [0, 0.1) is 0 Å². The van der Waals surface area contributed by atoms with Gasteiger partial charge in [-0.1, -0.05) is 11.8 Å². The minimum absolute atomic E-state index is 0.161. The zero-order valence-electron chi connectivity index (χ0n) is 8.92. The van der Waals surface area contributed by atoms with E-state index in [1.807, 2.05) is 6.92 Å². The van der Waals surface area contributed by atoms with Gasteiger partial charge in [0.1, 0.15) is 5.03 Å². The molecule has 0 aromatic carbocycles. The Balaban J connectivity index is 2.17. The summed E-state index contributed by atoms with van der Waals surface area (Å²) in [5.41, 5.74) is 0.270. The first-order chi connectivity index (χ1) is 7.68. The number of ether oxygens (including phenoxy) is 1. The number of aromatic nitrogens is 1. The highest BCUT2D eigenvalue weighted by atomic mass is 32.2. The van der Waals surface area contributed by atoms with Crippen LogP contribution >= 0.6 is 11.8 Å². The Kier molecular flexibility index (Phi) is 3.46. The molecule has 1 N–H and O–H groups in total. The van der Waals surface area contributed by atoms with Gasteiger partial charge in [0.25, 0.3) is 0 Å². The normalized spacial score (nSPS) is 24.6. The van der Waals surface area contributed by atoms with Gasteiger partial charge in [-0.05, 0) is 25.5 Å². The average Bonchev–Trinajstić information content (AvgIpc) is 2.65. The summed E-state index contributed by atoms with van der Waals surface area (Å²) in [7, 11) is 0. The molecule has 16 heavy (non-hydrogen) atoms. The smallest absolute Gasteiger partial charge is 0.338 e. The quantitative estimate of drug-likeness (QED) is 0.874. The molecule has 1 aliphatic heterocycles. The van der Waals surface area contributed by atoms with Crippen molar-refractivity contribution in [2.45, 2.75) is 29.7 Å². The average molecular weight is 239 g/mol. The lowest BCUT2D eigenvalue weighted by Crippen LogP contribution is -2.14. The van der Waals surface area contributed by atoms with E-state index < -0.39 is 5.97 Å². The molecule has 0 bridgehead atoms. The third-order valence-corrected chi connectivity index (χ3v) is 4.04. The summed E-state index contributed by atoms with van der Waals surface area (Å²) in [4.78, 5) is 15.1. The molecule has 0 amide bonds. The van der Waals surface area contributed by atoms with Crippen LogP contribution in [0.1, 0.15) is 23.7 Å². The van der Waals surface area contributed by atoms with Gasteiger partial charge in [0.05, 0.1) is 11.7 Å². The number of thioether (sulfide) groups is 1. The highest BCUT2D eigenvalue weighted by Crippen LogP contribution is 2.32. The molecule has 1 aliphatic rings. The minimum atomic E-state index is -0.929. The number of hydrogen-bond donors (Lipinski definition) is 1. The summed E-state index contributed by atoms with van der Waals surface area (Å²) >= 11 is 1.50. The van der Waals surface area contributed by atoms with Crippen molar-refractivity contribution in [3.63, 3.8) is 0 Å². The molecule has 0 radical (unpaired) electrons. The summed E-state index contributed by atoms with van der Waals surface area (Å²) in [6.07, 6.45) is 2.73. The Morgan fingerprint density at radius 1 is 1.69 bits per heavy atom. The molecule has 1 aromatic heterocycles. The summed E-state index contributed by atoms with van der Waals surface area (Å²) in [6.45, 7) is 2.75. The van der Waals surface area contributed by atoms with Crippen molar-refractivity contribution in [1.29, 1.82) is 0 Å². The van der Waals surface area contributed by atoms with Crippen LogP contribution in [0.25, 0.3) is 0 Å². The predicted molar refractivity (Wildman–Crippen MR) is 60.9 cm³/mol. The number of carboxylic acids is 1. The predicted octanol–water partition coefficient (Wildman–Crippen LogP) is 2.05. The number of carboxylic acid groups (broad SMARTS) is 1. The van der Waals surface area contributed by atoms with Gasteiger partial charge in [-0.25, -0.2) is 9.78 Å². The third-order valence-electron chi connectivity index (χ3n) is 2.57. The Hall–Kier alpha value is -1.07. The first kappa shape index (κ1) is 11.4. The standard InChI is InChI=1S/C11H13NO3S/c1-7-9(4-6-15-7)16-10-8(11(13)14)3-2-5-12-10/h2-3,5,7,9H,4,6H2,1H3,(H,13,14). The van der Waals surface area contributed by atoms with Gasteiger partial charge in [0, 0.05) is 18.1 Å². The first-order valence-electron chi connectivity index (χ1n) is 5.15. The molecule has 2 heterocycles. The van der Waals surface area contributed by atoms with E-state index in [9.17, 15) is 4.79 Å². The maximum atomic E-state index is 11.0. The van der Waals surface area contributed by atoms with Crippen LogP contribution in [0.15, 0.2) is 23.4 Å². The lowest BCUT2D eigenvalue weighted by molar-refractivity contribution is 0.0692. The molecular weight excluding hydrogens is 226 g/mol. The summed E-state index contributed by atoms with van der Waals surface area (Å²) in [5.74, 6) is -0.929. The maximum Gasteiger partial charge on any atom is 0.338 e. The second kappa shape index (κ2) is 4.84. The van der Waals surface area contributed by atoms with Gasteiger partial charge in [-0.15, -0.1) is 0 Å². The third kappa shape index (κ3) is 2.36. The second-order valence-corrected chi connectivity index (χ2v) is 4.91. The SMILES string of the molecule is CC1OCCC1Sc1ncccc1C(=O)O. The van der Waals surface area contributed by atoms with E-state index in [2.05, 4.69) is 4.98 Å². The Bertz CT molecular complexity index is 397. The number of carbonyl (C=O) groups is 1. The first-order valence-corrected chi connectivity index (χ1v) is 6.03. The van der Waals surface area contributed by atoms with Gasteiger partial charge < -0.3 is 9.84 Å². The molecule has 0 spiro atoms. The van der Waals surface area contributed by atoms with Gasteiger partial charge >= 0.3 is 5.97 Å². The topological polar surface area (TPSA) is 59.4 Å². The molecule has 2 atom stereocenters. The van der Waals surface area contributed by atoms with E-state index in [4.69, 9.17) is 9.84 Å². The van der Waals surface area contributed by atoms with Crippen molar-refractivity contribution in [2.75, 3.05) is 6.61 Å². The van der Waals surface area contributed by atoms with Crippen molar-refractivity contribution in [3.8, 4) is 0 Å². The summed E-state index contributed by atoms with van der Waals surface area (Å²) in [5, 5.41) is 9.90. The molecule has 5 heteroatoms. The van der Waals surface area contributed by atoms with Crippen LogP contribution < -0.4 is 0 Å². The molecule has 4 nitrogen and oxygen atoms in total. The van der Waals surface area contributed by atoms with Crippen molar-refractivity contribution in [2.24, 2.45) is 0 Å². The number of aromatic carboxylic acids is 1. The summed E-state index contributed by atoms with van der Waals surface area (Å²) in [6, 6.07) is 3.22. The van der Waals surface area contributed by atoms with Crippen LogP contribution in [0.2, 0.25) is 0 Å². The van der Waals surface area contributed by atoms with Gasteiger partial charge in [0.15, 0.2) is 0 Å². The van der Waals surface area contributed by atoms with E-state index in [-0.39, 0.29) is 11.7 Å². The van der Waals surface area contributed by atoms with Crippen LogP contribution in [-0.2, 0) is 4.74 Å². The maximum absolute atomic E-state index is 11.0. The molecule has 0 aliphatic carbocycles. The fourth-order valence-electron chi connectivity index (χ4n) is 1.66. The Labute approximate surface area is 98.0 Å². The molecule has 86 valence electrons. The highest BCUT2D eigenvalue weighted by Gasteiger charge is 2.27. The van der Waals surface area contributed by atoms with Crippen molar-refractivity contribution in [3.05, 3.63) is 23.9 Å². The van der Waals surface area contributed by atoms with Crippen LogP contribution in [0.5, 0.6) is 0 Å². The number of pyridine rings is 1. The van der Waals surface area contributed by atoms with E-state index in [1.165, 1.54) is 11.8 Å². The Morgan fingerprint density at radius 3 is 3.12 bits per heavy atom. The molecule has 1 saturated heterocycles. The zero-order chi connectivity index (χ0) is 11.5. The van der Waals surface area contributed by atoms with Gasteiger partial charge in [-0.2, -0.15) is 0 Å². The lowest BCUT2D eigenvalue weighted by Gasteiger charge is -2.13. The van der Waals surface area contributed by atoms with Gasteiger partial charge in [-0.3, -0.25) is 0 Å². The Morgan fingerprint density at radius 2 is 2.50 bits per heavy atom. The fourth-order valence-corrected chi connectivity index (χ4v) is 2.83. The van der Waals surface area contributed by atoms with Crippen molar-refractivity contribution in [1.82, 2.24) is 4.98 Å². The number of rotatable bonds is 3. The van der Waals surface area contributed by atoms with Gasteiger partial charge in [0.2, 0.25) is 0 Å². The van der Waals surface area contributed by atoms with Crippen molar-refractivity contribution >= 4 is 17.7 Å². The van der Waals surface area contributed by atoms with Crippen LogP contribution in [0.4, 0.5) is 0 Å². The molecule has 0 saturated carbocycles. The van der Waals surface area contributed by atoms with Crippen LogP contribution in [0.3, 0.4) is 0 Å².